The summed E-state index contributed by atoms with van der Waals surface area (Å²) in [7, 11) is 0. The SMILES string of the molecule is CCCNC(Cc1ccc(Br)s1)c1ccc(C)s1. The van der Waals surface area contributed by atoms with Crippen molar-refractivity contribution in [2.45, 2.75) is 32.7 Å². The third kappa shape index (κ3) is 3.92. The van der Waals surface area contributed by atoms with E-state index in [0.29, 0.717) is 6.04 Å². The summed E-state index contributed by atoms with van der Waals surface area (Å²) < 4.78 is 1.22. The maximum atomic E-state index is 3.66. The summed E-state index contributed by atoms with van der Waals surface area (Å²) in [6, 6.07) is 9.28. The van der Waals surface area contributed by atoms with Gasteiger partial charge in [0.1, 0.15) is 0 Å². The first-order valence-corrected chi connectivity index (χ1v) is 8.65. The van der Waals surface area contributed by atoms with Gasteiger partial charge in [0.25, 0.3) is 0 Å². The Labute approximate surface area is 125 Å². The highest BCUT2D eigenvalue weighted by molar-refractivity contribution is 9.11. The zero-order valence-corrected chi connectivity index (χ0v) is 13.9. The lowest BCUT2D eigenvalue weighted by molar-refractivity contribution is 0.539. The summed E-state index contributed by atoms with van der Waals surface area (Å²) in [6.45, 7) is 5.46. The second-order valence-corrected chi connectivity index (χ2v) is 8.23. The van der Waals surface area contributed by atoms with Gasteiger partial charge in [0.2, 0.25) is 0 Å². The molecule has 2 aromatic rings. The Morgan fingerprint density at radius 2 is 2.06 bits per heavy atom. The summed E-state index contributed by atoms with van der Waals surface area (Å²) in [5, 5.41) is 3.66. The van der Waals surface area contributed by atoms with E-state index in [1.54, 1.807) is 0 Å². The van der Waals surface area contributed by atoms with E-state index in [-0.39, 0.29) is 0 Å². The fraction of sp³-hybridized carbons (Fsp3) is 0.429. The van der Waals surface area contributed by atoms with E-state index in [4.69, 9.17) is 0 Å². The quantitative estimate of drug-likeness (QED) is 0.763. The maximum absolute atomic E-state index is 3.66. The molecule has 0 saturated carbocycles. The van der Waals surface area contributed by atoms with Gasteiger partial charge >= 0.3 is 0 Å². The Hall–Kier alpha value is -0.160. The second-order valence-electron chi connectivity index (χ2n) is 4.37. The van der Waals surface area contributed by atoms with Crippen LogP contribution in [0.5, 0.6) is 0 Å². The molecule has 0 spiro atoms. The molecule has 1 N–H and O–H groups in total. The first-order valence-electron chi connectivity index (χ1n) is 6.23. The number of hydrogen-bond acceptors (Lipinski definition) is 3. The molecule has 0 fully saturated rings. The van der Waals surface area contributed by atoms with Crippen molar-refractivity contribution >= 4 is 38.6 Å². The lowest BCUT2D eigenvalue weighted by Crippen LogP contribution is -2.22. The van der Waals surface area contributed by atoms with Gasteiger partial charge in [0, 0.05) is 27.1 Å². The molecule has 0 amide bonds. The molecule has 18 heavy (non-hydrogen) atoms. The van der Waals surface area contributed by atoms with E-state index in [0.717, 1.165) is 13.0 Å². The number of rotatable bonds is 6. The van der Waals surface area contributed by atoms with Crippen molar-refractivity contribution in [1.29, 1.82) is 0 Å². The van der Waals surface area contributed by atoms with Gasteiger partial charge in [0.15, 0.2) is 0 Å². The van der Waals surface area contributed by atoms with Gasteiger partial charge in [-0.05, 0) is 60.1 Å². The molecular formula is C14H18BrNS2. The van der Waals surface area contributed by atoms with Crippen LogP contribution in [0, 0.1) is 6.92 Å². The normalized spacial score (nSPS) is 12.8. The van der Waals surface area contributed by atoms with Crippen LogP contribution in [0.1, 0.15) is 34.0 Å². The topological polar surface area (TPSA) is 12.0 Å². The molecule has 0 aliphatic rings. The Morgan fingerprint density at radius 1 is 1.22 bits per heavy atom. The molecule has 4 heteroatoms. The number of aryl methyl sites for hydroxylation is 1. The minimum atomic E-state index is 0.453. The number of halogens is 1. The third-order valence-electron chi connectivity index (χ3n) is 2.78. The van der Waals surface area contributed by atoms with E-state index >= 15 is 0 Å². The highest BCUT2D eigenvalue weighted by atomic mass is 79.9. The highest BCUT2D eigenvalue weighted by Gasteiger charge is 2.14. The van der Waals surface area contributed by atoms with E-state index in [9.17, 15) is 0 Å². The van der Waals surface area contributed by atoms with Crippen molar-refractivity contribution in [2.75, 3.05) is 6.54 Å². The van der Waals surface area contributed by atoms with Crippen LogP contribution < -0.4 is 5.32 Å². The second kappa shape index (κ2) is 6.85. The van der Waals surface area contributed by atoms with Crippen LogP contribution in [0.15, 0.2) is 28.1 Å². The van der Waals surface area contributed by atoms with Crippen LogP contribution in [0.4, 0.5) is 0 Å². The molecule has 0 radical (unpaired) electrons. The molecule has 0 aliphatic carbocycles. The minimum Gasteiger partial charge on any atom is -0.309 e. The van der Waals surface area contributed by atoms with Crippen LogP contribution in [-0.2, 0) is 6.42 Å². The maximum Gasteiger partial charge on any atom is 0.0701 e. The molecule has 2 heterocycles. The van der Waals surface area contributed by atoms with Crippen LogP contribution in [0.25, 0.3) is 0 Å². The molecule has 0 bridgehead atoms. The van der Waals surface area contributed by atoms with Crippen LogP contribution >= 0.6 is 38.6 Å². The van der Waals surface area contributed by atoms with Crippen LogP contribution in [0.2, 0.25) is 0 Å². The van der Waals surface area contributed by atoms with Gasteiger partial charge in [-0.1, -0.05) is 6.92 Å². The standard InChI is InChI=1S/C14H18BrNS2/c1-3-8-16-12(13-6-4-10(2)17-13)9-11-5-7-14(15)18-11/h4-7,12,16H,3,8-9H2,1-2H3. The summed E-state index contributed by atoms with van der Waals surface area (Å²) >= 11 is 7.27. The monoisotopic (exact) mass is 343 g/mol. The molecule has 1 unspecified atom stereocenters. The summed E-state index contributed by atoms with van der Waals surface area (Å²) in [4.78, 5) is 4.27. The number of hydrogen-bond donors (Lipinski definition) is 1. The van der Waals surface area contributed by atoms with Crippen LogP contribution in [-0.4, -0.2) is 6.54 Å². The molecule has 0 aliphatic heterocycles. The Kier molecular flexibility index (Phi) is 5.42. The predicted octanol–water partition coefficient (Wildman–Crippen LogP) is 5.16. The van der Waals surface area contributed by atoms with Crippen molar-refractivity contribution in [3.05, 3.63) is 42.7 Å². The zero-order chi connectivity index (χ0) is 13.0. The number of thiophene rings is 2. The highest BCUT2D eigenvalue weighted by Crippen LogP contribution is 2.29. The van der Waals surface area contributed by atoms with Crippen molar-refractivity contribution in [3.8, 4) is 0 Å². The lowest BCUT2D eigenvalue weighted by Gasteiger charge is -2.16. The number of nitrogens with one attached hydrogen (secondary N) is 1. The summed E-state index contributed by atoms with van der Waals surface area (Å²) in [6.07, 6.45) is 2.26. The van der Waals surface area contributed by atoms with Gasteiger partial charge in [-0.25, -0.2) is 0 Å². The lowest BCUT2D eigenvalue weighted by atomic mass is 10.1. The molecule has 1 atom stereocenters. The first kappa shape index (κ1) is 14.3. The van der Waals surface area contributed by atoms with Gasteiger partial charge in [-0.3, -0.25) is 0 Å². The first-order chi connectivity index (χ1) is 8.69. The van der Waals surface area contributed by atoms with Gasteiger partial charge in [0.05, 0.1) is 3.79 Å². The van der Waals surface area contributed by atoms with Gasteiger partial charge in [-0.2, -0.15) is 0 Å². The van der Waals surface area contributed by atoms with Crippen molar-refractivity contribution in [3.63, 3.8) is 0 Å². The largest absolute Gasteiger partial charge is 0.309 e. The average molecular weight is 344 g/mol. The minimum absolute atomic E-state index is 0.453. The zero-order valence-electron chi connectivity index (χ0n) is 10.7. The predicted molar refractivity (Wildman–Crippen MR) is 85.8 cm³/mol. The Bertz CT molecular complexity index is 489. The van der Waals surface area contributed by atoms with Gasteiger partial charge in [-0.15, -0.1) is 22.7 Å². The van der Waals surface area contributed by atoms with E-state index in [2.05, 4.69) is 59.4 Å². The van der Waals surface area contributed by atoms with Crippen LogP contribution in [0.3, 0.4) is 0 Å². The fourth-order valence-electron chi connectivity index (χ4n) is 1.90. The molecule has 98 valence electrons. The Balaban J connectivity index is 2.09. The van der Waals surface area contributed by atoms with Crippen molar-refractivity contribution in [1.82, 2.24) is 5.32 Å². The van der Waals surface area contributed by atoms with E-state index < -0.39 is 0 Å². The molecule has 2 rings (SSSR count). The smallest absolute Gasteiger partial charge is 0.0701 e. The van der Waals surface area contributed by atoms with Crippen molar-refractivity contribution in [2.24, 2.45) is 0 Å². The van der Waals surface area contributed by atoms with E-state index in [1.165, 1.54) is 24.8 Å². The Morgan fingerprint density at radius 3 is 2.61 bits per heavy atom. The average Bonchev–Trinajstić information content (AvgIpc) is 2.93. The summed E-state index contributed by atoms with van der Waals surface area (Å²) in [5.74, 6) is 0. The fourth-order valence-corrected chi connectivity index (χ4v) is 4.38. The molecular weight excluding hydrogens is 326 g/mol. The van der Waals surface area contributed by atoms with Gasteiger partial charge < -0.3 is 5.32 Å². The molecule has 0 aromatic carbocycles. The summed E-state index contributed by atoms with van der Waals surface area (Å²) in [5.41, 5.74) is 0. The molecule has 2 aromatic heterocycles. The van der Waals surface area contributed by atoms with Crippen molar-refractivity contribution < 1.29 is 0 Å². The molecule has 0 saturated heterocycles. The molecule has 1 nitrogen and oxygen atoms in total. The van der Waals surface area contributed by atoms with E-state index in [1.807, 2.05) is 22.7 Å². The third-order valence-corrected chi connectivity index (χ3v) is 5.54.